The van der Waals surface area contributed by atoms with Gasteiger partial charge in [0.05, 0.1) is 6.61 Å². The first-order valence-corrected chi connectivity index (χ1v) is 7.32. The number of amides is 1. The minimum atomic E-state index is -0.294. The molecule has 0 bridgehead atoms. The zero-order chi connectivity index (χ0) is 15.8. The van der Waals surface area contributed by atoms with E-state index in [2.05, 4.69) is 5.32 Å². The van der Waals surface area contributed by atoms with E-state index in [0.29, 0.717) is 0 Å². The van der Waals surface area contributed by atoms with E-state index in [0.717, 1.165) is 11.1 Å². The minimum Gasteiger partial charge on any atom is -0.394 e. The molecule has 0 saturated heterocycles. The molecule has 22 heavy (non-hydrogen) atoms. The Labute approximate surface area is 130 Å². The van der Waals surface area contributed by atoms with Gasteiger partial charge >= 0.3 is 0 Å². The molecule has 0 aromatic heterocycles. The summed E-state index contributed by atoms with van der Waals surface area (Å²) >= 11 is 0. The average molecular weight is 299 g/mol. The van der Waals surface area contributed by atoms with E-state index in [1.54, 1.807) is 6.92 Å². The van der Waals surface area contributed by atoms with Crippen LogP contribution < -0.4 is 5.32 Å². The van der Waals surface area contributed by atoms with Crippen molar-refractivity contribution in [2.45, 2.75) is 19.1 Å². The van der Waals surface area contributed by atoms with Crippen LogP contribution in [-0.4, -0.2) is 30.3 Å². The molecule has 0 aliphatic carbocycles. The van der Waals surface area contributed by atoms with Gasteiger partial charge < -0.3 is 15.2 Å². The molecule has 0 heterocycles. The smallest absolute Gasteiger partial charge is 0.246 e. The second-order valence-corrected chi connectivity index (χ2v) is 5.16. The monoisotopic (exact) mass is 299 g/mol. The Hall–Kier alpha value is -2.17. The third-order valence-corrected chi connectivity index (χ3v) is 3.27. The molecule has 0 radical (unpaired) electrons. The predicted octanol–water partition coefficient (Wildman–Crippen LogP) is 2.29. The Morgan fingerprint density at radius 3 is 2.00 bits per heavy atom. The lowest BCUT2D eigenvalue weighted by Crippen LogP contribution is -2.37. The Balaban J connectivity index is 2.08. The summed E-state index contributed by atoms with van der Waals surface area (Å²) in [5, 5.41) is 11.6. The molecule has 1 atom stereocenters. The van der Waals surface area contributed by atoms with Crippen molar-refractivity contribution in [1.29, 1.82) is 0 Å². The number of hydrogen-bond acceptors (Lipinski definition) is 3. The van der Waals surface area contributed by atoms with Gasteiger partial charge in [0.25, 0.3) is 0 Å². The molecule has 2 N–H and O–H groups in total. The first-order chi connectivity index (χ1) is 10.7. The van der Waals surface area contributed by atoms with Crippen LogP contribution in [0.15, 0.2) is 60.7 Å². The highest BCUT2D eigenvalue weighted by Gasteiger charge is 2.16. The van der Waals surface area contributed by atoms with Crippen molar-refractivity contribution in [1.82, 2.24) is 5.32 Å². The lowest BCUT2D eigenvalue weighted by molar-refractivity contribution is -0.127. The van der Waals surface area contributed by atoms with E-state index < -0.39 is 0 Å². The molecule has 2 aromatic rings. The standard InChI is InChI=1S/C18H21NO3/c1-14(12-20)19-17(21)13-22-18(15-8-4-2-5-9-15)16-10-6-3-7-11-16/h2-11,14,18,20H,12-13H2,1H3,(H,19,21). The fraction of sp³-hybridized carbons (Fsp3) is 0.278. The number of hydrogen-bond donors (Lipinski definition) is 2. The van der Waals surface area contributed by atoms with Gasteiger partial charge in [-0.25, -0.2) is 0 Å². The summed E-state index contributed by atoms with van der Waals surface area (Å²) in [6.45, 7) is 1.59. The summed E-state index contributed by atoms with van der Waals surface area (Å²) < 4.78 is 5.83. The molecule has 1 amide bonds. The van der Waals surface area contributed by atoms with E-state index in [1.165, 1.54) is 0 Å². The number of aliphatic hydroxyl groups is 1. The summed E-state index contributed by atoms with van der Waals surface area (Å²) in [7, 11) is 0. The lowest BCUT2D eigenvalue weighted by Gasteiger charge is -2.19. The van der Waals surface area contributed by atoms with Gasteiger partial charge in [0.2, 0.25) is 5.91 Å². The van der Waals surface area contributed by atoms with Crippen LogP contribution in [-0.2, 0) is 9.53 Å². The van der Waals surface area contributed by atoms with Crippen LogP contribution in [0.25, 0.3) is 0 Å². The first kappa shape index (κ1) is 16.2. The first-order valence-electron chi connectivity index (χ1n) is 7.32. The van der Waals surface area contributed by atoms with Crippen molar-refractivity contribution in [2.75, 3.05) is 13.2 Å². The highest BCUT2D eigenvalue weighted by molar-refractivity contribution is 5.77. The number of carbonyl (C=O) groups is 1. The normalized spacial score (nSPS) is 12.1. The summed E-state index contributed by atoms with van der Waals surface area (Å²) in [5.74, 6) is -0.238. The van der Waals surface area contributed by atoms with Crippen molar-refractivity contribution >= 4 is 5.91 Å². The number of ether oxygens (including phenoxy) is 1. The van der Waals surface area contributed by atoms with Crippen molar-refractivity contribution in [3.8, 4) is 0 Å². The number of rotatable bonds is 7. The van der Waals surface area contributed by atoms with Crippen LogP contribution in [0.2, 0.25) is 0 Å². The third-order valence-electron chi connectivity index (χ3n) is 3.27. The Kier molecular flexibility index (Phi) is 6.13. The highest BCUT2D eigenvalue weighted by Crippen LogP contribution is 2.25. The van der Waals surface area contributed by atoms with E-state index in [9.17, 15) is 4.79 Å². The topological polar surface area (TPSA) is 58.6 Å². The maximum absolute atomic E-state index is 11.8. The maximum atomic E-state index is 11.8. The van der Waals surface area contributed by atoms with Crippen molar-refractivity contribution in [2.24, 2.45) is 0 Å². The number of nitrogens with one attached hydrogen (secondary N) is 1. The number of aliphatic hydroxyl groups excluding tert-OH is 1. The molecule has 0 spiro atoms. The predicted molar refractivity (Wildman–Crippen MR) is 85.4 cm³/mol. The molecular weight excluding hydrogens is 278 g/mol. The Morgan fingerprint density at radius 1 is 1.05 bits per heavy atom. The molecule has 1 unspecified atom stereocenters. The molecule has 0 fully saturated rings. The van der Waals surface area contributed by atoms with Crippen LogP contribution >= 0.6 is 0 Å². The number of benzene rings is 2. The van der Waals surface area contributed by atoms with Gasteiger partial charge in [-0.1, -0.05) is 60.7 Å². The maximum Gasteiger partial charge on any atom is 0.246 e. The molecule has 2 rings (SSSR count). The van der Waals surface area contributed by atoms with Gasteiger partial charge in [0, 0.05) is 6.04 Å². The van der Waals surface area contributed by atoms with Crippen LogP contribution in [0.3, 0.4) is 0 Å². The van der Waals surface area contributed by atoms with Crippen molar-refractivity contribution < 1.29 is 14.6 Å². The molecule has 0 aliphatic heterocycles. The van der Waals surface area contributed by atoms with E-state index in [4.69, 9.17) is 9.84 Å². The molecule has 116 valence electrons. The van der Waals surface area contributed by atoms with Gasteiger partial charge in [-0.15, -0.1) is 0 Å². The molecule has 4 heteroatoms. The van der Waals surface area contributed by atoms with E-state index in [1.807, 2.05) is 60.7 Å². The lowest BCUT2D eigenvalue weighted by atomic mass is 10.0. The third kappa shape index (κ3) is 4.69. The summed E-state index contributed by atoms with van der Waals surface area (Å²) in [6, 6.07) is 19.3. The molecule has 0 aliphatic rings. The second-order valence-electron chi connectivity index (χ2n) is 5.16. The van der Waals surface area contributed by atoms with Crippen LogP contribution in [0.5, 0.6) is 0 Å². The Morgan fingerprint density at radius 2 is 1.55 bits per heavy atom. The van der Waals surface area contributed by atoms with Crippen molar-refractivity contribution in [3.05, 3.63) is 71.8 Å². The SMILES string of the molecule is CC(CO)NC(=O)COC(c1ccccc1)c1ccccc1. The molecule has 0 saturated carbocycles. The fourth-order valence-corrected chi connectivity index (χ4v) is 2.16. The van der Waals surface area contributed by atoms with E-state index >= 15 is 0 Å². The van der Waals surface area contributed by atoms with Gasteiger partial charge in [-0.3, -0.25) is 4.79 Å². The molecule has 2 aromatic carbocycles. The zero-order valence-electron chi connectivity index (χ0n) is 12.6. The van der Waals surface area contributed by atoms with E-state index in [-0.39, 0.29) is 31.3 Å². The summed E-state index contributed by atoms with van der Waals surface area (Å²) in [5.41, 5.74) is 1.99. The largest absolute Gasteiger partial charge is 0.394 e. The minimum absolute atomic E-state index is 0.0568. The van der Waals surface area contributed by atoms with Gasteiger partial charge in [-0.2, -0.15) is 0 Å². The average Bonchev–Trinajstić information content (AvgIpc) is 2.57. The van der Waals surface area contributed by atoms with Gasteiger partial charge in [-0.05, 0) is 18.1 Å². The Bertz CT molecular complexity index is 532. The molecule has 4 nitrogen and oxygen atoms in total. The summed E-state index contributed by atoms with van der Waals surface area (Å²) in [4.78, 5) is 11.8. The second kappa shape index (κ2) is 8.32. The fourth-order valence-electron chi connectivity index (χ4n) is 2.16. The highest BCUT2D eigenvalue weighted by atomic mass is 16.5. The van der Waals surface area contributed by atoms with Crippen molar-refractivity contribution in [3.63, 3.8) is 0 Å². The summed E-state index contributed by atoms with van der Waals surface area (Å²) in [6.07, 6.45) is -0.294. The van der Waals surface area contributed by atoms with Crippen LogP contribution in [0.4, 0.5) is 0 Å². The zero-order valence-corrected chi connectivity index (χ0v) is 12.6. The number of carbonyl (C=O) groups excluding carboxylic acids is 1. The molecular formula is C18H21NO3. The van der Waals surface area contributed by atoms with Crippen LogP contribution in [0, 0.1) is 0 Å². The van der Waals surface area contributed by atoms with Gasteiger partial charge in [0.15, 0.2) is 0 Å². The van der Waals surface area contributed by atoms with Gasteiger partial charge in [0.1, 0.15) is 12.7 Å². The quantitative estimate of drug-likeness (QED) is 0.824. The van der Waals surface area contributed by atoms with Crippen LogP contribution in [0.1, 0.15) is 24.2 Å².